The highest BCUT2D eigenvalue weighted by molar-refractivity contribution is 9.10. The zero-order valence-corrected chi connectivity index (χ0v) is 14.5. The van der Waals surface area contributed by atoms with Crippen molar-refractivity contribution < 1.29 is 15.0 Å². The Morgan fingerprint density at radius 2 is 2.33 bits per heavy atom. The second-order valence-electron chi connectivity index (χ2n) is 5.84. The summed E-state index contributed by atoms with van der Waals surface area (Å²) in [6, 6.07) is 6.62. The number of benzene rings is 1. The first-order valence-electron chi connectivity index (χ1n) is 7.82. The van der Waals surface area contributed by atoms with Crippen molar-refractivity contribution in [3.05, 3.63) is 28.2 Å². The standard InChI is InChI=1S/C16H24BrN3O/c1-3-20-8-4-5-14(20)10-18-11-16(21)19-13-7-6-12(2)15(17)9-13/h6-7,9,14,18H,3-5,8,10-11H2,1-2H3,(H,19,21)/p+2/t14-/m0/s1. The number of hydrogen-bond donors (Lipinski definition) is 3. The van der Waals surface area contributed by atoms with E-state index in [4.69, 9.17) is 0 Å². The number of anilines is 1. The van der Waals surface area contributed by atoms with Gasteiger partial charge in [-0.3, -0.25) is 4.79 Å². The van der Waals surface area contributed by atoms with Gasteiger partial charge < -0.3 is 15.5 Å². The molecule has 1 fully saturated rings. The van der Waals surface area contributed by atoms with Crippen LogP contribution in [-0.2, 0) is 4.79 Å². The number of likely N-dealkylation sites (tertiary alicyclic amines) is 1. The molecule has 1 aliphatic heterocycles. The van der Waals surface area contributed by atoms with E-state index < -0.39 is 0 Å². The number of carbonyl (C=O) groups excluding carboxylic acids is 1. The van der Waals surface area contributed by atoms with Gasteiger partial charge in [-0.15, -0.1) is 0 Å². The molecule has 2 atom stereocenters. The number of quaternary nitrogens is 2. The highest BCUT2D eigenvalue weighted by Gasteiger charge is 2.28. The third-order valence-electron chi connectivity index (χ3n) is 4.32. The summed E-state index contributed by atoms with van der Waals surface area (Å²) in [5.41, 5.74) is 2.02. The molecule has 1 unspecified atom stereocenters. The van der Waals surface area contributed by atoms with E-state index in [0.29, 0.717) is 6.54 Å². The molecule has 1 aliphatic rings. The molecule has 5 heteroatoms. The highest BCUT2D eigenvalue weighted by Crippen LogP contribution is 2.20. The van der Waals surface area contributed by atoms with E-state index in [0.717, 1.165) is 22.7 Å². The van der Waals surface area contributed by atoms with Crippen molar-refractivity contribution in [3.8, 4) is 0 Å². The van der Waals surface area contributed by atoms with Crippen LogP contribution < -0.4 is 15.5 Å². The molecule has 1 aromatic rings. The molecule has 0 spiro atoms. The first-order chi connectivity index (χ1) is 10.1. The third kappa shape index (κ3) is 4.80. The van der Waals surface area contributed by atoms with E-state index in [1.807, 2.05) is 25.1 Å². The SMILES string of the molecule is CC[NH+]1CCC[C@H]1C[NH2+]CC(=O)Nc1ccc(C)c(Br)c1. The lowest BCUT2D eigenvalue weighted by atomic mass is 10.2. The quantitative estimate of drug-likeness (QED) is 0.676. The van der Waals surface area contributed by atoms with Gasteiger partial charge in [-0.2, -0.15) is 0 Å². The highest BCUT2D eigenvalue weighted by atomic mass is 79.9. The number of hydrogen-bond acceptors (Lipinski definition) is 1. The predicted octanol–water partition coefficient (Wildman–Crippen LogP) is 0.327. The summed E-state index contributed by atoms with van der Waals surface area (Å²) in [4.78, 5) is 13.7. The maximum atomic E-state index is 12.0. The Hall–Kier alpha value is -0.910. The zero-order valence-electron chi connectivity index (χ0n) is 12.9. The lowest BCUT2D eigenvalue weighted by molar-refractivity contribution is -0.923. The molecule has 4 N–H and O–H groups in total. The summed E-state index contributed by atoms with van der Waals surface area (Å²) in [6.45, 7) is 8.32. The Morgan fingerprint density at radius 1 is 1.52 bits per heavy atom. The van der Waals surface area contributed by atoms with Crippen LogP contribution in [0.1, 0.15) is 25.3 Å². The van der Waals surface area contributed by atoms with Crippen LogP contribution in [0, 0.1) is 6.92 Å². The molecule has 4 nitrogen and oxygen atoms in total. The van der Waals surface area contributed by atoms with Crippen molar-refractivity contribution in [3.63, 3.8) is 0 Å². The van der Waals surface area contributed by atoms with Gasteiger partial charge in [-0.05, 0) is 31.5 Å². The van der Waals surface area contributed by atoms with Crippen molar-refractivity contribution in [1.29, 1.82) is 0 Å². The third-order valence-corrected chi connectivity index (χ3v) is 5.17. The van der Waals surface area contributed by atoms with Crippen LogP contribution >= 0.6 is 15.9 Å². The fourth-order valence-corrected chi connectivity index (χ4v) is 3.41. The first-order valence-corrected chi connectivity index (χ1v) is 8.61. The number of amides is 1. The van der Waals surface area contributed by atoms with E-state index in [9.17, 15) is 4.79 Å². The van der Waals surface area contributed by atoms with Crippen LogP contribution in [0.15, 0.2) is 22.7 Å². The van der Waals surface area contributed by atoms with Crippen LogP contribution in [0.2, 0.25) is 0 Å². The first kappa shape index (κ1) is 16.5. The van der Waals surface area contributed by atoms with E-state index in [-0.39, 0.29) is 5.91 Å². The molecule has 1 aromatic carbocycles. The zero-order chi connectivity index (χ0) is 15.2. The van der Waals surface area contributed by atoms with Gasteiger partial charge >= 0.3 is 0 Å². The predicted molar refractivity (Wildman–Crippen MR) is 88.6 cm³/mol. The lowest BCUT2D eigenvalue weighted by Gasteiger charge is -2.18. The molecule has 1 heterocycles. The number of carbonyl (C=O) groups is 1. The Labute approximate surface area is 135 Å². The minimum absolute atomic E-state index is 0.0711. The molecule has 116 valence electrons. The fourth-order valence-electron chi connectivity index (χ4n) is 3.03. The summed E-state index contributed by atoms with van der Waals surface area (Å²) in [6.07, 6.45) is 2.62. The summed E-state index contributed by atoms with van der Waals surface area (Å²) in [5.74, 6) is 0.0711. The molecule has 2 rings (SSSR count). The summed E-state index contributed by atoms with van der Waals surface area (Å²) in [5, 5.41) is 5.10. The second kappa shape index (κ2) is 7.92. The molecule has 0 radical (unpaired) electrons. The van der Waals surface area contributed by atoms with Crippen LogP contribution in [0.25, 0.3) is 0 Å². The van der Waals surface area contributed by atoms with Gasteiger partial charge in [0, 0.05) is 23.0 Å². The number of likely N-dealkylation sites (N-methyl/N-ethyl adjacent to an activating group) is 1. The van der Waals surface area contributed by atoms with E-state index >= 15 is 0 Å². The molecule has 0 bridgehead atoms. The lowest BCUT2D eigenvalue weighted by Crippen LogP contribution is -3.16. The van der Waals surface area contributed by atoms with E-state index in [2.05, 4.69) is 33.5 Å². The topological polar surface area (TPSA) is 50.2 Å². The van der Waals surface area contributed by atoms with Crippen LogP contribution in [0.3, 0.4) is 0 Å². The average Bonchev–Trinajstić information content (AvgIpc) is 2.90. The number of rotatable bonds is 6. The van der Waals surface area contributed by atoms with E-state index in [1.54, 1.807) is 4.90 Å². The van der Waals surface area contributed by atoms with Crippen molar-refractivity contribution in [2.24, 2.45) is 0 Å². The van der Waals surface area contributed by atoms with Gasteiger partial charge in [-0.25, -0.2) is 0 Å². The minimum Gasteiger partial charge on any atom is -0.334 e. The second-order valence-corrected chi connectivity index (χ2v) is 6.70. The number of halogens is 1. The van der Waals surface area contributed by atoms with E-state index in [1.165, 1.54) is 31.5 Å². The molecule has 1 saturated heterocycles. The molecule has 21 heavy (non-hydrogen) atoms. The molecule has 0 saturated carbocycles. The van der Waals surface area contributed by atoms with Gasteiger partial charge in [0.1, 0.15) is 12.6 Å². The normalized spacial score (nSPS) is 21.5. The Kier molecular flexibility index (Phi) is 6.21. The molecule has 0 aromatic heterocycles. The van der Waals surface area contributed by atoms with Gasteiger partial charge in [0.2, 0.25) is 0 Å². The van der Waals surface area contributed by atoms with Gasteiger partial charge in [0.05, 0.1) is 13.1 Å². The Morgan fingerprint density at radius 3 is 3.05 bits per heavy atom. The summed E-state index contributed by atoms with van der Waals surface area (Å²) >= 11 is 3.49. The number of aryl methyl sites for hydroxylation is 1. The smallest absolute Gasteiger partial charge is 0.279 e. The minimum atomic E-state index is 0.0711. The average molecular weight is 356 g/mol. The largest absolute Gasteiger partial charge is 0.334 e. The van der Waals surface area contributed by atoms with Crippen molar-refractivity contribution >= 4 is 27.5 Å². The molecular weight excluding hydrogens is 330 g/mol. The van der Waals surface area contributed by atoms with Crippen molar-refractivity contribution in [2.75, 3.05) is 31.5 Å². The Bertz CT molecular complexity index is 492. The number of nitrogens with two attached hydrogens (primary N) is 1. The molecule has 1 amide bonds. The van der Waals surface area contributed by atoms with Crippen molar-refractivity contribution in [1.82, 2.24) is 0 Å². The Balaban J connectivity index is 1.73. The van der Waals surface area contributed by atoms with Gasteiger partial charge in [0.15, 0.2) is 6.54 Å². The maximum absolute atomic E-state index is 12.0. The van der Waals surface area contributed by atoms with Gasteiger partial charge in [0.25, 0.3) is 5.91 Å². The molecular formula is C16H26BrN3O+2. The van der Waals surface area contributed by atoms with Crippen molar-refractivity contribution in [2.45, 2.75) is 32.7 Å². The van der Waals surface area contributed by atoms with Crippen LogP contribution in [0.4, 0.5) is 5.69 Å². The summed E-state index contributed by atoms with van der Waals surface area (Å²) in [7, 11) is 0. The van der Waals surface area contributed by atoms with Gasteiger partial charge in [-0.1, -0.05) is 22.0 Å². The monoisotopic (exact) mass is 355 g/mol. The summed E-state index contributed by atoms with van der Waals surface area (Å²) < 4.78 is 1.03. The van der Waals surface area contributed by atoms with Crippen LogP contribution in [-0.4, -0.2) is 38.1 Å². The van der Waals surface area contributed by atoms with Crippen LogP contribution in [0.5, 0.6) is 0 Å². The fraction of sp³-hybridized carbons (Fsp3) is 0.562. The maximum Gasteiger partial charge on any atom is 0.279 e. The number of nitrogens with one attached hydrogen (secondary N) is 2. The molecule has 0 aliphatic carbocycles.